The van der Waals surface area contributed by atoms with Crippen molar-refractivity contribution in [2.45, 2.75) is 6.54 Å². The molecule has 0 amide bonds. The summed E-state index contributed by atoms with van der Waals surface area (Å²) in [6, 6.07) is 14.4. The third kappa shape index (κ3) is 3.66. The van der Waals surface area contributed by atoms with Gasteiger partial charge in [-0.25, -0.2) is 8.78 Å². The minimum atomic E-state index is -0.480. The van der Waals surface area contributed by atoms with Crippen LogP contribution in [0.4, 0.5) is 14.7 Å². The van der Waals surface area contributed by atoms with Crippen molar-refractivity contribution in [2.24, 2.45) is 0 Å². The van der Waals surface area contributed by atoms with Crippen molar-refractivity contribution in [1.29, 1.82) is 0 Å². The van der Waals surface area contributed by atoms with Crippen molar-refractivity contribution in [3.63, 3.8) is 0 Å². The summed E-state index contributed by atoms with van der Waals surface area (Å²) in [7, 11) is 0. The summed E-state index contributed by atoms with van der Waals surface area (Å²) in [5, 5.41) is 7.25. The van der Waals surface area contributed by atoms with Crippen LogP contribution in [0.2, 0.25) is 0 Å². The molecule has 6 nitrogen and oxygen atoms in total. The predicted octanol–water partition coefficient (Wildman–Crippen LogP) is 4.12. The maximum Gasteiger partial charge on any atom is 0.281 e. The minimum absolute atomic E-state index is 0.185. The molecule has 0 aliphatic carbocycles. The smallest absolute Gasteiger partial charge is 0.281 e. The van der Waals surface area contributed by atoms with E-state index in [2.05, 4.69) is 15.4 Å². The Hall–Kier alpha value is -3.81. The highest BCUT2D eigenvalue weighted by atomic mass is 19.1. The van der Waals surface area contributed by atoms with Gasteiger partial charge in [-0.1, -0.05) is 12.1 Å². The quantitative estimate of drug-likeness (QED) is 0.564. The number of nitrogens with zero attached hydrogens (tertiary/aromatic N) is 3. The maximum absolute atomic E-state index is 13.2. The van der Waals surface area contributed by atoms with Crippen molar-refractivity contribution in [1.82, 2.24) is 14.8 Å². The summed E-state index contributed by atoms with van der Waals surface area (Å²) in [6.07, 6.45) is 1.48. The number of furan rings is 1. The normalized spacial score (nSPS) is 10.8. The van der Waals surface area contributed by atoms with E-state index in [1.807, 2.05) is 0 Å². The lowest BCUT2D eigenvalue weighted by Gasteiger charge is -2.07. The van der Waals surface area contributed by atoms with Gasteiger partial charge in [0.2, 0.25) is 11.8 Å². The molecule has 0 spiro atoms. The van der Waals surface area contributed by atoms with Crippen LogP contribution in [-0.4, -0.2) is 20.7 Å². The molecule has 140 valence electrons. The SMILES string of the molecule is O=C(c1ccc(F)cc1)n1nc(-c2ccco2)nc1NCc1ccc(F)cc1. The first-order valence-electron chi connectivity index (χ1n) is 8.40. The highest BCUT2D eigenvalue weighted by molar-refractivity contribution is 5.97. The molecule has 2 aromatic heterocycles. The van der Waals surface area contributed by atoms with Gasteiger partial charge in [0.1, 0.15) is 11.6 Å². The van der Waals surface area contributed by atoms with Gasteiger partial charge >= 0.3 is 0 Å². The first kappa shape index (κ1) is 17.6. The molecule has 2 heterocycles. The van der Waals surface area contributed by atoms with E-state index in [-0.39, 0.29) is 23.2 Å². The molecule has 8 heteroatoms. The fraction of sp³-hybridized carbons (Fsp3) is 0.0500. The summed E-state index contributed by atoms with van der Waals surface area (Å²) in [4.78, 5) is 17.2. The lowest BCUT2D eigenvalue weighted by molar-refractivity contribution is 0.0947. The minimum Gasteiger partial charge on any atom is -0.461 e. The van der Waals surface area contributed by atoms with E-state index in [4.69, 9.17) is 4.42 Å². The number of hydrogen-bond acceptors (Lipinski definition) is 5. The van der Waals surface area contributed by atoms with Crippen molar-refractivity contribution in [3.8, 4) is 11.6 Å². The second-order valence-electron chi connectivity index (χ2n) is 5.94. The highest BCUT2D eigenvalue weighted by Crippen LogP contribution is 2.20. The van der Waals surface area contributed by atoms with Crippen LogP contribution < -0.4 is 5.32 Å². The number of nitrogens with one attached hydrogen (secondary N) is 1. The van der Waals surface area contributed by atoms with Gasteiger partial charge in [-0.3, -0.25) is 4.79 Å². The van der Waals surface area contributed by atoms with E-state index in [1.165, 1.54) is 42.7 Å². The Labute approximate surface area is 158 Å². The van der Waals surface area contributed by atoms with Crippen LogP contribution >= 0.6 is 0 Å². The van der Waals surface area contributed by atoms with Crippen LogP contribution in [0.1, 0.15) is 15.9 Å². The second kappa shape index (κ2) is 7.43. The Balaban J connectivity index is 1.66. The van der Waals surface area contributed by atoms with Crippen LogP contribution in [-0.2, 0) is 6.54 Å². The van der Waals surface area contributed by atoms with E-state index in [1.54, 1.807) is 24.3 Å². The molecule has 0 saturated carbocycles. The summed E-state index contributed by atoms with van der Waals surface area (Å²) in [5.41, 5.74) is 1.05. The van der Waals surface area contributed by atoms with Gasteiger partial charge in [-0.2, -0.15) is 9.67 Å². The van der Waals surface area contributed by atoms with Gasteiger partial charge < -0.3 is 9.73 Å². The molecule has 28 heavy (non-hydrogen) atoms. The summed E-state index contributed by atoms with van der Waals surface area (Å²) >= 11 is 0. The molecular weight excluding hydrogens is 366 g/mol. The zero-order valence-electron chi connectivity index (χ0n) is 14.5. The molecule has 0 atom stereocenters. The number of halogens is 2. The van der Waals surface area contributed by atoms with E-state index < -0.39 is 11.7 Å². The Bertz CT molecular complexity index is 1090. The summed E-state index contributed by atoms with van der Waals surface area (Å²) in [6.45, 7) is 0.299. The van der Waals surface area contributed by atoms with Crippen molar-refractivity contribution in [2.75, 3.05) is 5.32 Å². The first-order valence-corrected chi connectivity index (χ1v) is 8.40. The van der Waals surface area contributed by atoms with E-state index in [0.717, 1.165) is 10.2 Å². The molecule has 0 saturated heterocycles. The molecule has 0 unspecified atom stereocenters. The van der Waals surface area contributed by atoms with Crippen LogP contribution in [0.3, 0.4) is 0 Å². The molecule has 4 aromatic rings. The number of anilines is 1. The van der Waals surface area contributed by atoms with Crippen LogP contribution in [0, 0.1) is 11.6 Å². The topological polar surface area (TPSA) is 73.0 Å². The first-order chi connectivity index (χ1) is 13.6. The van der Waals surface area contributed by atoms with Gasteiger partial charge in [-0.05, 0) is 54.1 Å². The Kier molecular flexibility index (Phi) is 4.67. The zero-order chi connectivity index (χ0) is 19.5. The van der Waals surface area contributed by atoms with E-state index >= 15 is 0 Å². The molecule has 4 rings (SSSR count). The Morgan fingerprint density at radius 2 is 1.68 bits per heavy atom. The fourth-order valence-corrected chi connectivity index (χ4v) is 2.58. The third-order valence-corrected chi connectivity index (χ3v) is 4.00. The number of rotatable bonds is 5. The van der Waals surface area contributed by atoms with Gasteiger partial charge in [-0.15, -0.1) is 5.10 Å². The van der Waals surface area contributed by atoms with E-state index in [9.17, 15) is 13.6 Å². The van der Waals surface area contributed by atoms with E-state index in [0.29, 0.717) is 12.3 Å². The van der Waals surface area contributed by atoms with Crippen molar-refractivity contribution in [3.05, 3.63) is 89.7 Å². The maximum atomic E-state index is 13.2. The van der Waals surface area contributed by atoms with Gasteiger partial charge in [0, 0.05) is 12.1 Å². The molecule has 0 aliphatic rings. The summed E-state index contributed by atoms with van der Waals surface area (Å²) < 4.78 is 32.6. The number of carbonyl (C=O) groups excluding carboxylic acids is 1. The average Bonchev–Trinajstić information content (AvgIpc) is 3.37. The van der Waals surface area contributed by atoms with Crippen LogP contribution in [0.25, 0.3) is 11.6 Å². The standard InChI is InChI=1S/C20H14F2N4O2/c21-15-7-3-13(4-8-15)12-23-20-24-18(17-2-1-11-28-17)25-26(20)19(27)14-5-9-16(22)10-6-14/h1-11H,12H2,(H,23,24,25). The Morgan fingerprint density at radius 3 is 2.32 bits per heavy atom. The monoisotopic (exact) mass is 380 g/mol. The van der Waals surface area contributed by atoms with Crippen molar-refractivity contribution >= 4 is 11.9 Å². The average molecular weight is 380 g/mol. The third-order valence-electron chi connectivity index (χ3n) is 4.00. The molecule has 0 radical (unpaired) electrons. The fourth-order valence-electron chi connectivity index (χ4n) is 2.58. The molecule has 0 fully saturated rings. The molecule has 0 aliphatic heterocycles. The number of hydrogen-bond donors (Lipinski definition) is 1. The lowest BCUT2D eigenvalue weighted by atomic mass is 10.2. The zero-order valence-corrected chi connectivity index (χ0v) is 14.5. The van der Waals surface area contributed by atoms with Gasteiger partial charge in [0.25, 0.3) is 5.91 Å². The van der Waals surface area contributed by atoms with Crippen LogP contribution in [0.15, 0.2) is 71.3 Å². The molecule has 1 N–H and O–H groups in total. The largest absolute Gasteiger partial charge is 0.461 e. The van der Waals surface area contributed by atoms with Gasteiger partial charge in [0.15, 0.2) is 5.76 Å². The van der Waals surface area contributed by atoms with Crippen LogP contribution in [0.5, 0.6) is 0 Å². The molecular formula is C20H14F2N4O2. The van der Waals surface area contributed by atoms with Crippen molar-refractivity contribution < 1.29 is 18.0 Å². The lowest BCUT2D eigenvalue weighted by Crippen LogP contribution is -2.17. The Morgan fingerprint density at radius 1 is 1.00 bits per heavy atom. The summed E-state index contributed by atoms with van der Waals surface area (Å²) in [5.74, 6) is -0.450. The number of aromatic nitrogens is 3. The molecule has 0 bridgehead atoms. The van der Waals surface area contributed by atoms with Gasteiger partial charge in [0.05, 0.1) is 6.26 Å². The predicted molar refractivity (Wildman–Crippen MR) is 97.6 cm³/mol. The molecule has 2 aromatic carbocycles. The number of benzene rings is 2. The second-order valence-corrected chi connectivity index (χ2v) is 5.94. The number of carbonyl (C=O) groups is 1. The highest BCUT2D eigenvalue weighted by Gasteiger charge is 2.20.